The van der Waals surface area contributed by atoms with Crippen LogP contribution in [0.1, 0.15) is 37.8 Å². The first-order valence-corrected chi connectivity index (χ1v) is 8.74. The fourth-order valence-electron chi connectivity index (χ4n) is 4.71. The minimum Gasteiger partial charge on any atom is -0.320 e. The van der Waals surface area contributed by atoms with Crippen molar-refractivity contribution >= 4 is 16.8 Å². The van der Waals surface area contributed by atoms with Crippen molar-refractivity contribution in [1.29, 1.82) is 0 Å². The Kier molecular flexibility index (Phi) is 3.16. The molecule has 4 rings (SSSR count). The largest absolute Gasteiger partial charge is 0.320 e. The second-order valence-electron chi connectivity index (χ2n) is 7.22. The first kappa shape index (κ1) is 14.0. The van der Waals surface area contributed by atoms with Crippen molar-refractivity contribution in [2.75, 3.05) is 26.2 Å². The van der Waals surface area contributed by atoms with Gasteiger partial charge in [0.15, 0.2) is 0 Å². The number of nitrogens with zero attached hydrogens (tertiary/aromatic N) is 1. The van der Waals surface area contributed by atoms with Crippen LogP contribution >= 0.6 is 0 Å². The Bertz CT molecular complexity index is 752. The summed E-state index contributed by atoms with van der Waals surface area (Å²) in [4.78, 5) is 0. The molecular weight excluding hydrogens is 266 g/mol. The third-order valence-electron chi connectivity index (χ3n) is 6.35. The second kappa shape index (κ2) is 4.96. The Hall–Kier alpha value is -1.60. The third-order valence-corrected chi connectivity index (χ3v) is 6.35. The van der Waals surface area contributed by atoms with Crippen molar-refractivity contribution in [3.05, 3.63) is 53.1 Å². The summed E-state index contributed by atoms with van der Waals surface area (Å²) in [6.07, 6.45) is 2.54. The molecule has 114 valence electrons. The van der Waals surface area contributed by atoms with Gasteiger partial charge in [-0.15, -0.1) is 0 Å². The third kappa shape index (κ3) is 1.88. The van der Waals surface area contributed by atoms with Crippen LogP contribution in [0.2, 0.25) is 0 Å². The molecule has 0 amide bonds. The van der Waals surface area contributed by atoms with Crippen LogP contribution < -0.4 is 0 Å². The van der Waals surface area contributed by atoms with Crippen molar-refractivity contribution in [1.82, 2.24) is 0 Å². The molecule has 0 saturated carbocycles. The predicted molar refractivity (Wildman–Crippen MR) is 94.9 cm³/mol. The molecule has 22 heavy (non-hydrogen) atoms. The zero-order chi connectivity index (χ0) is 15.3. The van der Waals surface area contributed by atoms with E-state index in [-0.39, 0.29) is 0 Å². The van der Waals surface area contributed by atoms with Gasteiger partial charge in [0.05, 0.1) is 19.6 Å². The van der Waals surface area contributed by atoms with Crippen LogP contribution in [0.3, 0.4) is 0 Å². The van der Waals surface area contributed by atoms with E-state index in [4.69, 9.17) is 0 Å². The van der Waals surface area contributed by atoms with E-state index in [1.54, 1.807) is 11.1 Å². The molecule has 1 nitrogen and oxygen atoms in total. The zero-order valence-electron chi connectivity index (χ0n) is 14.0. The Labute approximate surface area is 133 Å². The molecule has 2 aromatic carbocycles. The molecule has 0 unspecified atom stereocenters. The number of rotatable bonds is 2. The van der Waals surface area contributed by atoms with Gasteiger partial charge in [-0.3, -0.25) is 0 Å². The lowest BCUT2D eigenvalue weighted by Crippen LogP contribution is -2.45. The maximum Gasteiger partial charge on any atom is 0.101 e. The van der Waals surface area contributed by atoms with Gasteiger partial charge in [0.25, 0.3) is 0 Å². The second-order valence-corrected chi connectivity index (χ2v) is 7.22. The molecule has 2 atom stereocenters. The number of likely N-dealkylation sites (N-methyl/N-ethyl adjacent to an activating group) is 1. The summed E-state index contributed by atoms with van der Waals surface area (Å²) in [7, 11) is 0. The minimum absolute atomic E-state index is 0.651. The summed E-state index contributed by atoms with van der Waals surface area (Å²) in [5.41, 5.74) is 4.74. The molecule has 0 radical (unpaired) electrons. The highest BCUT2D eigenvalue weighted by Crippen LogP contribution is 2.46. The molecule has 0 aromatic heterocycles. The van der Waals surface area contributed by atoms with E-state index in [0.717, 1.165) is 5.92 Å². The summed E-state index contributed by atoms with van der Waals surface area (Å²) < 4.78 is 1.27. The van der Waals surface area contributed by atoms with Gasteiger partial charge in [-0.1, -0.05) is 43.3 Å². The highest BCUT2D eigenvalue weighted by molar-refractivity contribution is 5.93. The van der Waals surface area contributed by atoms with Crippen molar-refractivity contribution in [3.63, 3.8) is 0 Å². The van der Waals surface area contributed by atoms with Crippen LogP contribution in [-0.2, 0) is 0 Å². The van der Waals surface area contributed by atoms with E-state index >= 15 is 0 Å². The van der Waals surface area contributed by atoms with Crippen molar-refractivity contribution in [2.45, 2.75) is 26.7 Å². The quantitative estimate of drug-likeness (QED) is 0.696. The van der Waals surface area contributed by atoms with Gasteiger partial charge in [0.1, 0.15) is 6.54 Å². The summed E-state index contributed by atoms with van der Waals surface area (Å²) >= 11 is 0. The number of benzene rings is 2. The average molecular weight is 292 g/mol. The van der Waals surface area contributed by atoms with Gasteiger partial charge in [-0.2, -0.15) is 0 Å². The monoisotopic (exact) mass is 292 g/mol. The Balaban J connectivity index is 1.88. The number of hydrogen-bond acceptors (Lipinski definition) is 0. The number of hydrogen-bond donors (Lipinski definition) is 0. The predicted octanol–water partition coefficient (Wildman–Crippen LogP) is 4.83. The van der Waals surface area contributed by atoms with E-state index in [0.29, 0.717) is 5.92 Å². The number of likely N-dealkylation sites (tertiary alicyclic amines) is 1. The van der Waals surface area contributed by atoms with Crippen LogP contribution in [0.25, 0.3) is 16.8 Å². The number of quaternary nitrogens is 1. The van der Waals surface area contributed by atoms with Crippen LogP contribution in [0.15, 0.2) is 42.0 Å². The van der Waals surface area contributed by atoms with Crippen LogP contribution in [0.5, 0.6) is 0 Å². The van der Waals surface area contributed by atoms with E-state index < -0.39 is 0 Å². The van der Waals surface area contributed by atoms with Gasteiger partial charge in [-0.25, -0.2) is 0 Å². The minimum atomic E-state index is 0.651. The Morgan fingerprint density at radius 3 is 2.59 bits per heavy atom. The maximum atomic E-state index is 2.54. The van der Waals surface area contributed by atoms with Gasteiger partial charge < -0.3 is 4.48 Å². The molecule has 2 aliphatic rings. The first-order chi connectivity index (χ1) is 10.7. The SMILES string of the molecule is CC[N+]1(CC)CC2=Cc3c(ccc4ccccc34)[C@@H](C)[C@H]2C1. The molecular formula is C21H26N+. The van der Waals surface area contributed by atoms with Crippen LogP contribution in [0, 0.1) is 5.92 Å². The lowest BCUT2D eigenvalue weighted by molar-refractivity contribution is -0.912. The molecule has 1 aliphatic heterocycles. The molecule has 0 N–H and O–H groups in total. The molecule has 0 spiro atoms. The zero-order valence-corrected chi connectivity index (χ0v) is 14.0. The Morgan fingerprint density at radius 1 is 1.05 bits per heavy atom. The lowest BCUT2D eigenvalue weighted by atomic mass is 9.76. The summed E-state index contributed by atoms with van der Waals surface area (Å²) in [5, 5.41) is 2.80. The fourth-order valence-corrected chi connectivity index (χ4v) is 4.71. The molecule has 1 heterocycles. The van der Waals surface area contributed by atoms with Gasteiger partial charge in [-0.05, 0) is 53.3 Å². The lowest BCUT2D eigenvalue weighted by Gasteiger charge is -2.32. The van der Waals surface area contributed by atoms with Crippen molar-refractivity contribution < 1.29 is 4.48 Å². The molecule has 0 bridgehead atoms. The molecule has 2 aromatic rings. The molecule has 1 aliphatic carbocycles. The summed E-state index contributed by atoms with van der Waals surface area (Å²) in [6.45, 7) is 12.2. The van der Waals surface area contributed by atoms with Crippen molar-refractivity contribution in [3.8, 4) is 0 Å². The van der Waals surface area contributed by atoms with Crippen LogP contribution in [0.4, 0.5) is 0 Å². The highest BCUT2D eigenvalue weighted by atomic mass is 15.4. The Morgan fingerprint density at radius 2 is 1.82 bits per heavy atom. The normalized spacial score (nSPS) is 25.7. The maximum absolute atomic E-state index is 2.54. The molecule has 1 fully saturated rings. The fraction of sp³-hybridized carbons (Fsp3) is 0.429. The van der Waals surface area contributed by atoms with Gasteiger partial charge >= 0.3 is 0 Å². The topological polar surface area (TPSA) is 0 Å². The molecule has 1 heteroatoms. The average Bonchev–Trinajstić information content (AvgIpc) is 2.95. The van der Waals surface area contributed by atoms with E-state index in [1.807, 2.05) is 0 Å². The van der Waals surface area contributed by atoms with Crippen LogP contribution in [-0.4, -0.2) is 30.7 Å². The van der Waals surface area contributed by atoms with Gasteiger partial charge in [0.2, 0.25) is 0 Å². The smallest absolute Gasteiger partial charge is 0.101 e. The highest BCUT2D eigenvalue weighted by Gasteiger charge is 2.44. The first-order valence-electron chi connectivity index (χ1n) is 8.74. The number of fused-ring (bicyclic) bond motifs is 4. The van der Waals surface area contributed by atoms with E-state index in [1.165, 1.54) is 47.0 Å². The van der Waals surface area contributed by atoms with E-state index in [2.05, 4.69) is 63.2 Å². The molecule has 1 saturated heterocycles. The summed E-state index contributed by atoms with van der Waals surface area (Å²) in [6, 6.07) is 13.5. The van der Waals surface area contributed by atoms with Gasteiger partial charge in [0, 0.05) is 5.92 Å². The standard InChI is InChI=1S/C21H26N/c1-4-22(5-2)13-17-12-20-18(15(3)21(17)14-22)11-10-16-8-6-7-9-19(16)20/h6-12,15,21H,4-5,13-14H2,1-3H3/q+1/t15-,21-/m1/s1. The van der Waals surface area contributed by atoms with E-state index in [9.17, 15) is 0 Å². The summed E-state index contributed by atoms with van der Waals surface area (Å²) in [5.74, 6) is 1.39. The van der Waals surface area contributed by atoms with Crippen molar-refractivity contribution in [2.24, 2.45) is 5.92 Å².